The van der Waals surface area contributed by atoms with E-state index >= 15 is 0 Å². The molecule has 0 aliphatic heterocycles. The van der Waals surface area contributed by atoms with Crippen molar-refractivity contribution in [1.29, 1.82) is 0 Å². The molecule has 0 atom stereocenters. The summed E-state index contributed by atoms with van der Waals surface area (Å²) < 4.78 is 27.5. The molecular weight excluding hydrogens is 262 g/mol. The van der Waals surface area contributed by atoms with Gasteiger partial charge in [0.25, 0.3) is 9.05 Å². The molecule has 1 heterocycles. The summed E-state index contributed by atoms with van der Waals surface area (Å²) in [6, 6.07) is 9.40. The van der Waals surface area contributed by atoms with E-state index in [2.05, 4.69) is 4.98 Å². The Morgan fingerprint density at radius 1 is 0.941 bits per heavy atom. The maximum absolute atomic E-state index is 11.0. The van der Waals surface area contributed by atoms with Crippen molar-refractivity contribution < 1.29 is 18.1 Å². The molecule has 4 nitrogen and oxygen atoms in total. The van der Waals surface area contributed by atoms with Gasteiger partial charge in [-0.25, -0.2) is 13.4 Å². The van der Waals surface area contributed by atoms with E-state index in [1.807, 2.05) is 0 Å². The van der Waals surface area contributed by atoms with E-state index < -0.39 is 9.05 Å². The zero-order chi connectivity index (χ0) is 12.3. The molecular formula is C11H9ClNO3S+. The second kappa shape index (κ2) is 4.73. The topological polar surface area (TPSA) is 57.5 Å². The van der Waals surface area contributed by atoms with Crippen molar-refractivity contribution in [3.8, 4) is 11.5 Å². The molecule has 1 aromatic heterocycles. The van der Waals surface area contributed by atoms with E-state index in [-0.39, 0.29) is 4.90 Å². The van der Waals surface area contributed by atoms with Crippen LogP contribution in [0.15, 0.2) is 53.7 Å². The number of halogens is 1. The Morgan fingerprint density at radius 3 is 2.00 bits per heavy atom. The fraction of sp³-hybridized carbons (Fsp3) is 0. The van der Waals surface area contributed by atoms with Crippen LogP contribution in [0.25, 0.3) is 0 Å². The van der Waals surface area contributed by atoms with E-state index in [4.69, 9.17) is 15.4 Å². The zero-order valence-electron chi connectivity index (χ0n) is 8.63. The van der Waals surface area contributed by atoms with Gasteiger partial charge < -0.3 is 4.74 Å². The quantitative estimate of drug-likeness (QED) is 0.804. The van der Waals surface area contributed by atoms with Crippen LogP contribution < -0.4 is 9.72 Å². The van der Waals surface area contributed by atoms with Gasteiger partial charge in [0.05, 0.1) is 4.90 Å². The number of hydrogen-bond acceptors (Lipinski definition) is 3. The van der Waals surface area contributed by atoms with Gasteiger partial charge in [-0.05, 0) is 24.3 Å². The van der Waals surface area contributed by atoms with E-state index in [9.17, 15) is 8.42 Å². The molecule has 0 unspecified atom stereocenters. The highest BCUT2D eigenvalue weighted by Crippen LogP contribution is 2.23. The van der Waals surface area contributed by atoms with Crippen LogP contribution in [-0.2, 0) is 9.05 Å². The predicted octanol–water partition coefficient (Wildman–Crippen LogP) is 2.22. The molecule has 88 valence electrons. The maximum Gasteiger partial charge on any atom is 0.261 e. The third-order valence-corrected chi connectivity index (χ3v) is 3.40. The summed E-state index contributed by atoms with van der Waals surface area (Å²) in [4.78, 5) is 2.92. The standard InChI is InChI=1S/C11H8ClNO3S/c12-17(14,15)11-3-1-9(2-4-11)16-10-5-7-13-8-6-10/h1-8H/p+1. The minimum atomic E-state index is -3.68. The number of aromatic amines is 1. The predicted molar refractivity (Wildman–Crippen MR) is 62.6 cm³/mol. The van der Waals surface area contributed by atoms with Gasteiger partial charge in [0.15, 0.2) is 12.4 Å². The van der Waals surface area contributed by atoms with Crippen molar-refractivity contribution in [2.75, 3.05) is 0 Å². The van der Waals surface area contributed by atoms with Crippen LogP contribution in [-0.4, -0.2) is 8.42 Å². The third-order valence-electron chi connectivity index (χ3n) is 2.03. The normalized spacial score (nSPS) is 11.1. The fourth-order valence-electron chi connectivity index (χ4n) is 1.25. The molecule has 0 spiro atoms. The number of benzene rings is 1. The largest absolute Gasteiger partial charge is 0.457 e. The van der Waals surface area contributed by atoms with Crippen molar-refractivity contribution >= 4 is 19.7 Å². The van der Waals surface area contributed by atoms with Crippen LogP contribution in [0.5, 0.6) is 11.5 Å². The summed E-state index contributed by atoms with van der Waals surface area (Å²) >= 11 is 0. The van der Waals surface area contributed by atoms with Gasteiger partial charge in [-0.15, -0.1) is 0 Å². The lowest BCUT2D eigenvalue weighted by atomic mass is 10.3. The summed E-state index contributed by atoms with van der Waals surface area (Å²) in [7, 11) is 1.52. The molecule has 17 heavy (non-hydrogen) atoms. The Bertz CT molecular complexity index is 596. The fourth-order valence-corrected chi connectivity index (χ4v) is 2.02. The Hall–Kier alpha value is -1.59. The highest BCUT2D eigenvalue weighted by atomic mass is 35.7. The SMILES string of the molecule is O=S(=O)(Cl)c1ccc(Oc2cc[nH+]cc2)cc1. The van der Waals surface area contributed by atoms with E-state index in [0.717, 1.165) is 0 Å². The van der Waals surface area contributed by atoms with Gasteiger partial charge in [0.2, 0.25) is 0 Å². The lowest BCUT2D eigenvalue weighted by molar-refractivity contribution is -0.378. The second-order valence-corrected chi connectivity index (χ2v) is 5.81. The molecule has 0 radical (unpaired) electrons. The molecule has 0 bridgehead atoms. The van der Waals surface area contributed by atoms with Crippen LogP contribution in [0.1, 0.15) is 0 Å². The summed E-state index contributed by atoms with van der Waals surface area (Å²) in [5, 5.41) is 0. The van der Waals surface area contributed by atoms with Crippen molar-refractivity contribution in [2.45, 2.75) is 4.90 Å². The van der Waals surface area contributed by atoms with Gasteiger partial charge in [0, 0.05) is 22.8 Å². The highest BCUT2D eigenvalue weighted by Gasteiger charge is 2.09. The molecule has 0 amide bonds. The van der Waals surface area contributed by atoms with Crippen LogP contribution in [0.3, 0.4) is 0 Å². The molecule has 2 rings (SSSR count). The van der Waals surface area contributed by atoms with E-state index in [1.54, 1.807) is 36.7 Å². The number of nitrogens with one attached hydrogen (secondary N) is 1. The maximum atomic E-state index is 11.0. The van der Waals surface area contributed by atoms with Crippen molar-refractivity contribution in [2.24, 2.45) is 0 Å². The summed E-state index contributed by atoms with van der Waals surface area (Å²) in [5.74, 6) is 1.20. The molecule has 0 aliphatic carbocycles. The molecule has 1 aromatic carbocycles. The summed E-state index contributed by atoms with van der Waals surface area (Å²) in [5.41, 5.74) is 0. The summed E-state index contributed by atoms with van der Waals surface area (Å²) in [6.07, 6.45) is 3.46. The van der Waals surface area contributed by atoms with Gasteiger partial charge in [-0.1, -0.05) is 0 Å². The average molecular weight is 271 g/mol. The van der Waals surface area contributed by atoms with Gasteiger partial charge in [-0.2, -0.15) is 0 Å². The lowest BCUT2D eigenvalue weighted by Crippen LogP contribution is -1.97. The van der Waals surface area contributed by atoms with Crippen LogP contribution in [0, 0.1) is 0 Å². The minimum absolute atomic E-state index is 0.0490. The molecule has 0 saturated heterocycles. The number of rotatable bonds is 3. The van der Waals surface area contributed by atoms with Gasteiger partial charge in [0.1, 0.15) is 11.5 Å². The first kappa shape index (κ1) is 11.9. The van der Waals surface area contributed by atoms with E-state index in [1.165, 1.54) is 12.1 Å². The monoisotopic (exact) mass is 270 g/mol. The highest BCUT2D eigenvalue weighted by molar-refractivity contribution is 8.13. The number of ether oxygens (including phenoxy) is 1. The molecule has 6 heteroatoms. The molecule has 0 saturated carbocycles. The number of aromatic nitrogens is 1. The number of hydrogen-bond donors (Lipinski definition) is 0. The Kier molecular flexibility index (Phi) is 3.31. The van der Waals surface area contributed by atoms with Gasteiger partial charge in [-0.3, -0.25) is 0 Å². The Morgan fingerprint density at radius 2 is 1.47 bits per heavy atom. The van der Waals surface area contributed by atoms with Crippen molar-refractivity contribution in [3.05, 3.63) is 48.8 Å². The smallest absolute Gasteiger partial charge is 0.261 e. The molecule has 0 aliphatic rings. The Labute approximate surface area is 103 Å². The first-order valence-electron chi connectivity index (χ1n) is 4.74. The van der Waals surface area contributed by atoms with Crippen LogP contribution in [0.4, 0.5) is 0 Å². The first-order valence-corrected chi connectivity index (χ1v) is 7.05. The third kappa shape index (κ3) is 3.18. The molecule has 1 N–H and O–H groups in total. The Balaban J connectivity index is 2.20. The average Bonchev–Trinajstić information content (AvgIpc) is 2.30. The lowest BCUT2D eigenvalue weighted by Gasteiger charge is -2.04. The minimum Gasteiger partial charge on any atom is -0.457 e. The van der Waals surface area contributed by atoms with Crippen LogP contribution in [0.2, 0.25) is 0 Å². The first-order chi connectivity index (χ1) is 8.05. The zero-order valence-corrected chi connectivity index (χ0v) is 10.2. The van der Waals surface area contributed by atoms with Crippen LogP contribution >= 0.6 is 10.7 Å². The number of H-pyrrole nitrogens is 1. The summed E-state index contributed by atoms with van der Waals surface area (Å²) in [6.45, 7) is 0. The molecule has 0 fully saturated rings. The van der Waals surface area contributed by atoms with Crippen molar-refractivity contribution in [3.63, 3.8) is 0 Å². The van der Waals surface area contributed by atoms with E-state index in [0.29, 0.717) is 11.5 Å². The second-order valence-electron chi connectivity index (χ2n) is 3.25. The molecule has 2 aromatic rings. The number of pyridine rings is 1. The van der Waals surface area contributed by atoms with Gasteiger partial charge >= 0.3 is 0 Å². The van der Waals surface area contributed by atoms with Crippen molar-refractivity contribution in [1.82, 2.24) is 0 Å².